The summed E-state index contributed by atoms with van der Waals surface area (Å²) in [6.45, 7) is 2.08. The molecule has 0 saturated carbocycles. The van der Waals surface area contributed by atoms with Gasteiger partial charge in [-0.05, 0) is 48.4 Å². The predicted octanol–water partition coefficient (Wildman–Crippen LogP) is 4.22. The van der Waals surface area contributed by atoms with Gasteiger partial charge in [-0.2, -0.15) is 0 Å². The molecule has 1 amide bonds. The van der Waals surface area contributed by atoms with E-state index < -0.39 is 5.97 Å². The lowest BCUT2D eigenvalue weighted by Crippen LogP contribution is -2.24. The number of nitrogens with zero attached hydrogens (tertiary/aromatic N) is 1. The van der Waals surface area contributed by atoms with Gasteiger partial charge >= 0.3 is 5.97 Å². The van der Waals surface area contributed by atoms with E-state index in [-0.39, 0.29) is 11.5 Å². The summed E-state index contributed by atoms with van der Waals surface area (Å²) < 4.78 is 10.1. The van der Waals surface area contributed by atoms with Crippen molar-refractivity contribution in [3.05, 3.63) is 81.5 Å². The van der Waals surface area contributed by atoms with Crippen molar-refractivity contribution in [1.29, 1.82) is 0 Å². The monoisotopic (exact) mass is 397 g/mol. The van der Waals surface area contributed by atoms with Gasteiger partial charge in [0.1, 0.15) is 5.75 Å². The smallest absolute Gasteiger partial charge is 0.340 e. The molecule has 144 valence electrons. The van der Waals surface area contributed by atoms with Crippen LogP contribution < -0.4 is 4.74 Å². The molecular weight excluding hydrogens is 378 g/mol. The lowest BCUT2D eigenvalue weighted by Gasteiger charge is -2.18. The summed E-state index contributed by atoms with van der Waals surface area (Å²) in [5.74, 6) is -0.0643. The minimum absolute atomic E-state index is 0.256. The molecule has 0 bridgehead atoms. The Hall–Kier alpha value is -3.05. The van der Waals surface area contributed by atoms with E-state index in [0.717, 1.165) is 16.9 Å². The highest BCUT2D eigenvalue weighted by atomic mass is 35.5. The molecule has 2 aromatic carbocycles. The topological polar surface area (TPSA) is 55.8 Å². The van der Waals surface area contributed by atoms with E-state index in [1.807, 2.05) is 30.3 Å². The molecule has 3 rings (SSSR count). The Balaban J connectivity index is 1.99. The molecule has 0 fully saturated rings. The molecule has 6 heteroatoms. The number of hydrogen-bond acceptors (Lipinski definition) is 4. The van der Waals surface area contributed by atoms with Crippen molar-refractivity contribution in [3.8, 4) is 5.75 Å². The van der Waals surface area contributed by atoms with Gasteiger partial charge in [-0.15, -0.1) is 0 Å². The van der Waals surface area contributed by atoms with E-state index in [0.29, 0.717) is 22.8 Å². The molecule has 1 aliphatic rings. The number of esters is 1. The van der Waals surface area contributed by atoms with Crippen molar-refractivity contribution in [2.45, 2.75) is 13.5 Å². The summed E-state index contributed by atoms with van der Waals surface area (Å²) in [4.78, 5) is 27.1. The van der Waals surface area contributed by atoms with Gasteiger partial charge in [0.25, 0.3) is 5.91 Å². The van der Waals surface area contributed by atoms with Crippen LogP contribution in [0.3, 0.4) is 0 Å². The van der Waals surface area contributed by atoms with Crippen LogP contribution in [0.25, 0.3) is 6.08 Å². The third-order valence-corrected chi connectivity index (χ3v) is 4.80. The van der Waals surface area contributed by atoms with Gasteiger partial charge in [0.2, 0.25) is 0 Å². The van der Waals surface area contributed by atoms with Crippen LogP contribution in [0.4, 0.5) is 0 Å². The molecule has 0 atom stereocenters. The fourth-order valence-corrected chi connectivity index (χ4v) is 3.29. The molecule has 28 heavy (non-hydrogen) atoms. The molecule has 0 aliphatic carbocycles. The summed E-state index contributed by atoms with van der Waals surface area (Å²) >= 11 is 6.04. The van der Waals surface area contributed by atoms with Gasteiger partial charge in [0.15, 0.2) is 0 Å². The Kier molecular flexibility index (Phi) is 5.85. The Labute approximate surface area is 168 Å². The molecule has 0 radical (unpaired) electrons. The highest BCUT2D eigenvalue weighted by Gasteiger charge is 2.36. The number of halogens is 1. The Morgan fingerprint density at radius 2 is 1.86 bits per heavy atom. The maximum Gasteiger partial charge on any atom is 0.340 e. The first kappa shape index (κ1) is 19.7. The minimum atomic E-state index is -0.545. The van der Waals surface area contributed by atoms with Gasteiger partial charge in [0, 0.05) is 10.7 Å². The number of hydrogen-bond donors (Lipinski definition) is 0. The summed E-state index contributed by atoms with van der Waals surface area (Å²) in [6, 6.07) is 14.5. The maximum absolute atomic E-state index is 13.1. The fraction of sp³-hybridized carbons (Fsp3) is 0.182. The highest BCUT2D eigenvalue weighted by Crippen LogP contribution is 2.33. The van der Waals surface area contributed by atoms with Crippen LogP contribution >= 0.6 is 11.6 Å². The number of carbonyl (C=O) groups excluding carboxylic acids is 2. The molecule has 0 aromatic heterocycles. The van der Waals surface area contributed by atoms with Crippen LogP contribution in [-0.2, 0) is 20.9 Å². The molecule has 2 aromatic rings. The molecule has 5 nitrogen and oxygen atoms in total. The zero-order valence-corrected chi connectivity index (χ0v) is 16.6. The van der Waals surface area contributed by atoms with Gasteiger partial charge in [-0.1, -0.05) is 35.9 Å². The van der Waals surface area contributed by atoms with Crippen LogP contribution in [0, 0.1) is 0 Å². The van der Waals surface area contributed by atoms with Crippen LogP contribution in [0.5, 0.6) is 5.75 Å². The molecule has 0 saturated heterocycles. The molecule has 1 aliphatic heterocycles. The van der Waals surface area contributed by atoms with Crippen LogP contribution in [0.1, 0.15) is 18.1 Å². The largest absolute Gasteiger partial charge is 0.497 e. The number of amides is 1. The lowest BCUT2D eigenvalue weighted by molar-refractivity contribution is -0.136. The highest BCUT2D eigenvalue weighted by molar-refractivity contribution is 6.30. The van der Waals surface area contributed by atoms with Gasteiger partial charge in [-0.25, -0.2) is 4.79 Å². The molecule has 0 N–H and O–H groups in total. The Morgan fingerprint density at radius 1 is 1.14 bits per heavy atom. The summed E-state index contributed by atoms with van der Waals surface area (Å²) in [7, 11) is 2.90. The molecule has 0 unspecified atom stereocenters. The van der Waals surface area contributed by atoms with E-state index in [2.05, 4.69) is 0 Å². The van der Waals surface area contributed by atoms with E-state index in [1.54, 1.807) is 43.2 Å². The number of ether oxygens (including phenoxy) is 2. The quantitative estimate of drug-likeness (QED) is 0.560. The second kappa shape index (κ2) is 8.31. The third-order valence-electron chi connectivity index (χ3n) is 4.56. The molecular formula is C22H20ClNO4. The zero-order chi connectivity index (χ0) is 20.3. The van der Waals surface area contributed by atoms with Crippen molar-refractivity contribution < 1.29 is 19.1 Å². The standard InChI is InChI=1S/C22H20ClNO4/c1-14-20(22(26)28-3)19(12-16-5-4-6-17(23)11-16)21(25)24(14)13-15-7-9-18(27-2)10-8-15/h4-12H,13H2,1-3H3/b19-12-. The Bertz CT molecular complexity index is 976. The SMILES string of the molecule is COC(=O)C1=C(C)N(Cc2ccc(OC)cc2)C(=O)/C1=C\c1cccc(Cl)c1. The normalized spacial score (nSPS) is 15.4. The van der Waals surface area contributed by atoms with Crippen LogP contribution in [0.15, 0.2) is 65.4 Å². The first-order chi connectivity index (χ1) is 13.4. The summed E-state index contributed by atoms with van der Waals surface area (Å²) in [6.07, 6.45) is 1.66. The summed E-state index contributed by atoms with van der Waals surface area (Å²) in [5, 5.41) is 0.551. The molecule has 0 spiro atoms. The first-order valence-corrected chi connectivity index (χ1v) is 9.04. The number of benzene rings is 2. The Morgan fingerprint density at radius 3 is 2.46 bits per heavy atom. The number of methoxy groups -OCH3 is 2. The number of carbonyl (C=O) groups is 2. The summed E-state index contributed by atoms with van der Waals surface area (Å²) in [5.41, 5.74) is 2.76. The average Bonchev–Trinajstić information content (AvgIpc) is 2.92. The van der Waals surface area contributed by atoms with E-state index in [9.17, 15) is 9.59 Å². The predicted molar refractivity (Wildman–Crippen MR) is 108 cm³/mol. The van der Waals surface area contributed by atoms with Crippen molar-refractivity contribution in [2.24, 2.45) is 0 Å². The average molecular weight is 398 g/mol. The minimum Gasteiger partial charge on any atom is -0.497 e. The fourth-order valence-electron chi connectivity index (χ4n) is 3.10. The van der Waals surface area contributed by atoms with E-state index in [1.165, 1.54) is 7.11 Å². The number of allylic oxidation sites excluding steroid dienone is 1. The van der Waals surface area contributed by atoms with Crippen molar-refractivity contribution in [3.63, 3.8) is 0 Å². The van der Waals surface area contributed by atoms with Crippen LogP contribution in [0.2, 0.25) is 5.02 Å². The second-order valence-corrected chi connectivity index (χ2v) is 6.74. The van der Waals surface area contributed by atoms with Crippen molar-refractivity contribution >= 4 is 29.6 Å². The van der Waals surface area contributed by atoms with Crippen LogP contribution in [-0.4, -0.2) is 31.0 Å². The van der Waals surface area contributed by atoms with E-state index in [4.69, 9.17) is 21.1 Å². The van der Waals surface area contributed by atoms with Gasteiger partial charge in [0.05, 0.1) is 31.9 Å². The second-order valence-electron chi connectivity index (χ2n) is 6.30. The third kappa shape index (κ3) is 3.94. The van der Waals surface area contributed by atoms with E-state index >= 15 is 0 Å². The lowest BCUT2D eigenvalue weighted by atomic mass is 10.0. The van der Waals surface area contributed by atoms with Crippen molar-refractivity contribution in [1.82, 2.24) is 4.90 Å². The van der Waals surface area contributed by atoms with Gasteiger partial charge in [-0.3, -0.25) is 4.79 Å². The van der Waals surface area contributed by atoms with Gasteiger partial charge < -0.3 is 14.4 Å². The maximum atomic E-state index is 13.1. The first-order valence-electron chi connectivity index (χ1n) is 8.66. The van der Waals surface area contributed by atoms with Crippen molar-refractivity contribution in [2.75, 3.05) is 14.2 Å². The molecule has 1 heterocycles. The zero-order valence-electron chi connectivity index (χ0n) is 15.9. The number of rotatable bonds is 5.